The van der Waals surface area contributed by atoms with E-state index in [1.165, 1.54) is 60.7 Å². The maximum Gasteiger partial charge on any atom is 0.228 e. The first kappa shape index (κ1) is 26.8. The third-order valence-corrected chi connectivity index (χ3v) is 9.22. The molecule has 2 heterocycles. The van der Waals surface area contributed by atoms with E-state index in [2.05, 4.69) is 46.3 Å². The molecule has 2 aliphatic rings. The van der Waals surface area contributed by atoms with Crippen LogP contribution in [0.15, 0.2) is 72.9 Å². The minimum absolute atomic E-state index is 0.105. The largest absolute Gasteiger partial charge is 0.347 e. The van der Waals surface area contributed by atoms with Gasteiger partial charge in [0.05, 0.1) is 12.0 Å². The molecule has 0 bridgehead atoms. The third-order valence-electron chi connectivity index (χ3n) is 9.22. The van der Waals surface area contributed by atoms with Gasteiger partial charge in [0.15, 0.2) is 0 Å². The quantitative estimate of drug-likeness (QED) is 0.243. The van der Waals surface area contributed by atoms with Crippen LogP contribution in [-0.2, 0) is 24.2 Å². The van der Waals surface area contributed by atoms with E-state index in [4.69, 9.17) is 10.7 Å². The molecule has 1 fully saturated rings. The lowest BCUT2D eigenvalue weighted by Crippen LogP contribution is -2.39. The average Bonchev–Trinajstić information content (AvgIpc) is 3.13. The summed E-state index contributed by atoms with van der Waals surface area (Å²) in [4.78, 5) is 18.7. The number of rotatable bonds is 8. The fraction of sp³-hybridized carbons (Fsp3) is 0.429. The Hall–Kier alpha value is -3.44. The number of nitrogens with one attached hydrogen (secondary N) is 1. The highest BCUT2D eigenvalue weighted by Crippen LogP contribution is 2.37. The van der Waals surface area contributed by atoms with E-state index in [1.807, 2.05) is 36.5 Å². The van der Waals surface area contributed by atoms with Crippen LogP contribution in [0.4, 0.5) is 0 Å². The second-order valence-electron chi connectivity index (χ2n) is 11.8. The number of hydrogen-bond acceptors (Lipinski definition) is 3. The first-order valence-electron chi connectivity index (χ1n) is 15.3. The topological polar surface area (TPSA) is 72.9 Å². The van der Waals surface area contributed by atoms with Crippen molar-refractivity contribution in [2.24, 2.45) is 11.7 Å². The molecule has 5 heteroatoms. The number of amides is 1. The predicted octanol–water partition coefficient (Wildman–Crippen LogP) is 6.83. The lowest BCUT2D eigenvalue weighted by Gasteiger charge is -2.28. The van der Waals surface area contributed by atoms with Crippen LogP contribution in [0.2, 0.25) is 0 Å². The molecule has 6 rings (SSSR count). The van der Waals surface area contributed by atoms with Gasteiger partial charge in [-0.3, -0.25) is 4.79 Å². The summed E-state index contributed by atoms with van der Waals surface area (Å²) in [6.07, 6.45) is 13.8. The molecular weight excluding hydrogens is 492 g/mol. The second-order valence-corrected chi connectivity index (χ2v) is 11.8. The summed E-state index contributed by atoms with van der Waals surface area (Å²) < 4.78 is 2.43. The number of nitrogens with zero attached hydrogens (tertiary/aromatic N) is 2. The van der Waals surface area contributed by atoms with E-state index in [-0.39, 0.29) is 17.9 Å². The van der Waals surface area contributed by atoms with E-state index >= 15 is 0 Å². The first-order valence-corrected chi connectivity index (χ1v) is 15.3. The van der Waals surface area contributed by atoms with Gasteiger partial charge in [0.25, 0.3) is 0 Å². The number of hydrogen-bond donors (Lipinski definition) is 2. The molecule has 2 atom stereocenters. The zero-order valence-corrected chi connectivity index (χ0v) is 23.5. The molecule has 2 aromatic carbocycles. The summed E-state index contributed by atoms with van der Waals surface area (Å²) in [7, 11) is 0. The molecule has 4 aromatic rings. The van der Waals surface area contributed by atoms with Crippen LogP contribution in [0, 0.1) is 5.92 Å². The molecule has 3 N–H and O–H groups in total. The smallest absolute Gasteiger partial charge is 0.228 e. The highest BCUT2D eigenvalue weighted by Gasteiger charge is 2.32. The van der Waals surface area contributed by atoms with Crippen molar-refractivity contribution in [3.8, 4) is 0 Å². The monoisotopic (exact) mass is 534 g/mol. The maximum absolute atomic E-state index is 14.0. The minimum Gasteiger partial charge on any atom is -0.347 e. The van der Waals surface area contributed by atoms with Crippen LogP contribution >= 0.6 is 0 Å². The Labute approximate surface area is 238 Å². The lowest BCUT2D eigenvalue weighted by atomic mass is 9.80. The van der Waals surface area contributed by atoms with Gasteiger partial charge in [0.1, 0.15) is 5.65 Å². The van der Waals surface area contributed by atoms with Crippen LogP contribution in [0.25, 0.3) is 11.0 Å². The molecule has 208 valence electrons. The number of benzene rings is 2. The minimum atomic E-state index is -0.179. The van der Waals surface area contributed by atoms with Crippen molar-refractivity contribution in [2.45, 2.75) is 82.7 Å². The molecule has 0 aliphatic heterocycles. The number of fused-ring (bicyclic) bond motifs is 3. The van der Waals surface area contributed by atoms with Crippen LogP contribution < -0.4 is 11.1 Å². The van der Waals surface area contributed by atoms with Crippen LogP contribution in [0.3, 0.4) is 0 Å². The SMILES string of the molecule is NC[C@H](NC(=O)C(c1ccc(Cn2c3c(c4cccnc42)CCCC3)cc1)C1CCCCCC1)c1ccccc1. The average molecular weight is 535 g/mol. The summed E-state index contributed by atoms with van der Waals surface area (Å²) in [5, 5.41) is 4.64. The Morgan fingerprint density at radius 2 is 1.62 bits per heavy atom. The van der Waals surface area contributed by atoms with Gasteiger partial charge >= 0.3 is 0 Å². The van der Waals surface area contributed by atoms with Gasteiger partial charge in [-0.1, -0.05) is 80.3 Å². The molecule has 5 nitrogen and oxygen atoms in total. The van der Waals surface area contributed by atoms with E-state index < -0.39 is 0 Å². The number of aromatic nitrogens is 2. The summed E-state index contributed by atoms with van der Waals surface area (Å²) in [6.45, 7) is 1.20. The molecule has 0 spiro atoms. The van der Waals surface area contributed by atoms with Gasteiger partial charge < -0.3 is 15.6 Å². The van der Waals surface area contributed by atoms with Crippen LogP contribution in [-0.4, -0.2) is 22.0 Å². The Morgan fingerprint density at radius 3 is 2.38 bits per heavy atom. The van der Waals surface area contributed by atoms with Crippen LogP contribution in [0.1, 0.15) is 91.3 Å². The molecule has 2 aromatic heterocycles. The van der Waals surface area contributed by atoms with Gasteiger partial charge in [-0.15, -0.1) is 0 Å². The van der Waals surface area contributed by atoms with Crippen molar-refractivity contribution in [2.75, 3.05) is 6.54 Å². The highest BCUT2D eigenvalue weighted by atomic mass is 16.2. The Morgan fingerprint density at radius 1 is 0.875 bits per heavy atom. The van der Waals surface area contributed by atoms with Crippen molar-refractivity contribution < 1.29 is 4.79 Å². The Balaban J connectivity index is 1.27. The normalized spacial score (nSPS) is 17.6. The zero-order valence-electron chi connectivity index (χ0n) is 23.5. The van der Waals surface area contributed by atoms with Crippen LogP contribution in [0.5, 0.6) is 0 Å². The lowest BCUT2D eigenvalue weighted by molar-refractivity contribution is -0.124. The molecule has 2 aliphatic carbocycles. The molecule has 1 saturated carbocycles. The molecule has 1 amide bonds. The Kier molecular flexibility index (Phi) is 8.29. The van der Waals surface area contributed by atoms with E-state index in [0.717, 1.165) is 49.0 Å². The van der Waals surface area contributed by atoms with Gasteiger partial charge in [0, 0.05) is 30.4 Å². The molecule has 0 saturated heterocycles. The number of aryl methyl sites for hydroxylation is 1. The van der Waals surface area contributed by atoms with Crippen molar-refractivity contribution >= 4 is 16.9 Å². The van der Waals surface area contributed by atoms with E-state index in [0.29, 0.717) is 12.5 Å². The number of carbonyl (C=O) groups excluding carboxylic acids is 1. The molecule has 0 radical (unpaired) electrons. The Bertz CT molecular complexity index is 1420. The second kappa shape index (κ2) is 12.4. The molecule has 1 unspecified atom stereocenters. The van der Waals surface area contributed by atoms with Crippen molar-refractivity contribution in [3.63, 3.8) is 0 Å². The fourth-order valence-electron chi connectivity index (χ4n) is 7.14. The van der Waals surface area contributed by atoms with Gasteiger partial charge in [-0.05, 0) is 78.8 Å². The number of carbonyl (C=O) groups is 1. The zero-order chi connectivity index (χ0) is 27.3. The van der Waals surface area contributed by atoms with E-state index in [9.17, 15) is 4.79 Å². The standard InChI is InChI=1S/C35H42N4O/c36-23-31(26-11-6-3-7-12-26)38-35(40)33(27-13-4-1-2-5-14-27)28-20-18-25(19-21-28)24-39-32-17-9-8-15-29(32)30-16-10-22-37-34(30)39/h3,6-7,10-12,16,18-22,27,31,33H,1-2,4-5,8-9,13-15,17,23-24,36H2,(H,38,40)/t31-,33?/m0/s1. The van der Waals surface area contributed by atoms with Gasteiger partial charge in [0.2, 0.25) is 5.91 Å². The summed E-state index contributed by atoms with van der Waals surface area (Å²) in [5.74, 6) is 0.299. The number of pyridine rings is 1. The maximum atomic E-state index is 14.0. The van der Waals surface area contributed by atoms with Crippen molar-refractivity contribution in [1.29, 1.82) is 0 Å². The van der Waals surface area contributed by atoms with E-state index in [1.54, 1.807) is 0 Å². The van der Waals surface area contributed by atoms with Gasteiger partial charge in [-0.25, -0.2) is 4.98 Å². The van der Waals surface area contributed by atoms with Crippen molar-refractivity contribution in [1.82, 2.24) is 14.9 Å². The molecular formula is C35H42N4O. The number of nitrogens with two attached hydrogens (primary N) is 1. The highest BCUT2D eigenvalue weighted by molar-refractivity contribution is 5.84. The fourth-order valence-corrected chi connectivity index (χ4v) is 7.14. The first-order chi connectivity index (χ1) is 19.7. The predicted molar refractivity (Wildman–Crippen MR) is 162 cm³/mol. The van der Waals surface area contributed by atoms with Gasteiger partial charge in [-0.2, -0.15) is 0 Å². The van der Waals surface area contributed by atoms with Crippen molar-refractivity contribution in [3.05, 3.63) is 101 Å². The summed E-state index contributed by atoms with van der Waals surface area (Å²) in [5.41, 5.74) is 13.6. The summed E-state index contributed by atoms with van der Waals surface area (Å²) >= 11 is 0. The molecule has 40 heavy (non-hydrogen) atoms. The third kappa shape index (κ3) is 5.57. The summed E-state index contributed by atoms with van der Waals surface area (Å²) in [6, 6.07) is 23.1.